The summed E-state index contributed by atoms with van der Waals surface area (Å²) in [6.45, 7) is 1.28. The van der Waals surface area contributed by atoms with E-state index >= 15 is 0 Å². The van der Waals surface area contributed by atoms with Crippen LogP contribution in [0.4, 0.5) is 0 Å². The van der Waals surface area contributed by atoms with Crippen molar-refractivity contribution < 1.29 is 9.53 Å². The average molecular weight is 418 g/mol. The number of thiophene rings is 1. The van der Waals surface area contributed by atoms with Crippen LogP contribution in [0.15, 0.2) is 13.6 Å². The largest absolute Gasteiger partial charge is 0.381 e. The fraction of sp³-hybridized carbons (Fsp3) is 0.545. The topological polar surface area (TPSA) is 38.3 Å². The molecule has 0 aliphatic carbocycles. The maximum absolute atomic E-state index is 12.3. The molecule has 0 bridgehead atoms. The minimum Gasteiger partial charge on any atom is -0.381 e. The number of ether oxygens (including phenoxy) is 1. The Kier molecular flexibility index (Phi) is 5.11. The number of hydrogen-bond donors (Lipinski definition) is 1. The van der Waals surface area contributed by atoms with E-state index in [9.17, 15) is 4.79 Å². The molecule has 2 heterocycles. The van der Waals surface area contributed by atoms with E-state index in [4.69, 9.17) is 16.3 Å². The summed E-state index contributed by atoms with van der Waals surface area (Å²) in [5, 5.41) is 3.06. The van der Waals surface area contributed by atoms with Crippen molar-refractivity contribution in [2.45, 2.75) is 18.4 Å². The molecule has 1 fully saturated rings. The first-order valence-corrected chi connectivity index (χ1v) is 8.41. The average Bonchev–Trinajstić information content (AvgIpc) is 2.70. The third-order valence-corrected chi connectivity index (χ3v) is 5.84. The van der Waals surface area contributed by atoms with Gasteiger partial charge in [-0.05, 0) is 50.8 Å². The predicted octanol–water partition coefficient (Wildman–Crippen LogP) is 3.79. The molecule has 1 aliphatic heterocycles. The lowest BCUT2D eigenvalue weighted by Crippen LogP contribution is -2.53. The Morgan fingerprint density at radius 2 is 2.17 bits per heavy atom. The first-order valence-electron chi connectivity index (χ1n) is 5.47. The van der Waals surface area contributed by atoms with Gasteiger partial charge in [0.25, 0.3) is 5.91 Å². The lowest BCUT2D eigenvalue weighted by molar-refractivity contribution is 0.0433. The monoisotopic (exact) mass is 415 g/mol. The Morgan fingerprint density at radius 1 is 1.50 bits per heavy atom. The van der Waals surface area contributed by atoms with Crippen LogP contribution in [0.5, 0.6) is 0 Å². The molecule has 18 heavy (non-hydrogen) atoms. The van der Waals surface area contributed by atoms with Gasteiger partial charge in [-0.15, -0.1) is 22.9 Å². The highest BCUT2D eigenvalue weighted by atomic mass is 79.9. The van der Waals surface area contributed by atoms with Gasteiger partial charge in [0, 0.05) is 19.1 Å². The normalized spacial score (nSPS) is 18.6. The Labute approximate surface area is 131 Å². The fourth-order valence-electron chi connectivity index (χ4n) is 1.86. The summed E-state index contributed by atoms with van der Waals surface area (Å²) in [6, 6.07) is 1.81. The third-order valence-electron chi connectivity index (χ3n) is 2.99. The van der Waals surface area contributed by atoms with Crippen LogP contribution < -0.4 is 5.32 Å². The van der Waals surface area contributed by atoms with Gasteiger partial charge in [-0.3, -0.25) is 4.79 Å². The molecule has 1 aromatic heterocycles. The molecule has 1 aliphatic rings. The maximum atomic E-state index is 12.3. The summed E-state index contributed by atoms with van der Waals surface area (Å²) in [5.41, 5.74) is 0.299. The molecule has 0 radical (unpaired) electrons. The number of hydrogen-bond acceptors (Lipinski definition) is 3. The number of nitrogens with one attached hydrogen (secondary N) is 1. The molecule has 1 saturated heterocycles. The fourth-order valence-corrected chi connectivity index (χ4v) is 4.98. The quantitative estimate of drug-likeness (QED) is 0.760. The second kappa shape index (κ2) is 6.22. The minimum atomic E-state index is -0.343. The van der Waals surface area contributed by atoms with Gasteiger partial charge >= 0.3 is 0 Å². The molecule has 1 aromatic rings. The first-order chi connectivity index (χ1) is 8.56. The van der Waals surface area contributed by atoms with Gasteiger partial charge in [-0.1, -0.05) is 0 Å². The SMILES string of the molecule is O=C(NC1(CCl)CCOCC1)c1cc(Br)sc1Br. The molecule has 0 atom stereocenters. The Bertz CT molecular complexity index is 446. The standard InChI is InChI=1S/C11H12Br2ClNO2S/c12-8-5-7(9(13)18-8)10(16)15-11(6-14)1-3-17-4-2-11/h5H,1-4,6H2,(H,15,16). The van der Waals surface area contributed by atoms with Gasteiger partial charge in [0.05, 0.1) is 18.7 Å². The van der Waals surface area contributed by atoms with Crippen LogP contribution in [0, 0.1) is 0 Å². The van der Waals surface area contributed by atoms with E-state index < -0.39 is 0 Å². The van der Waals surface area contributed by atoms with Crippen LogP contribution in [0.2, 0.25) is 0 Å². The summed E-state index contributed by atoms with van der Waals surface area (Å²) < 4.78 is 7.06. The van der Waals surface area contributed by atoms with Crippen molar-refractivity contribution >= 4 is 60.7 Å². The molecule has 1 N–H and O–H groups in total. The van der Waals surface area contributed by atoms with Crippen LogP contribution in [-0.4, -0.2) is 30.5 Å². The summed E-state index contributed by atoms with van der Waals surface area (Å²) in [7, 11) is 0. The van der Waals surface area contributed by atoms with Crippen LogP contribution >= 0.6 is 54.8 Å². The molecule has 0 unspecified atom stereocenters. The number of rotatable bonds is 3. The molecule has 0 aromatic carbocycles. The van der Waals surface area contributed by atoms with Crippen molar-refractivity contribution in [2.24, 2.45) is 0 Å². The van der Waals surface area contributed by atoms with Crippen molar-refractivity contribution in [1.29, 1.82) is 0 Å². The molecular weight excluding hydrogens is 405 g/mol. The molecule has 2 rings (SSSR count). The van der Waals surface area contributed by atoms with Crippen molar-refractivity contribution in [1.82, 2.24) is 5.32 Å². The number of halogens is 3. The van der Waals surface area contributed by atoms with E-state index in [-0.39, 0.29) is 11.4 Å². The number of carbonyl (C=O) groups excluding carboxylic acids is 1. The first kappa shape index (κ1) is 14.8. The molecule has 3 nitrogen and oxygen atoms in total. The van der Waals surface area contributed by atoms with Crippen molar-refractivity contribution in [2.75, 3.05) is 19.1 Å². The third kappa shape index (κ3) is 3.28. The van der Waals surface area contributed by atoms with Gasteiger partial charge in [-0.25, -0.2) is 0 Å². The van der Waals surface area contributed by atoms with Gasteiger partial charge in [0.2, 0.25) is 0 Å². The molecule has 1 amide bonds. The molecule has 0 saturated carbocycles. The smallest absolute Gasteiger partial charge is 0.253 e. The zero-order valence-corrected chi connectivity index (χ0v) is 14.2. The van der Waals surface area contributed by atoms with E-state index in [1.165, 1.54) is 11.3 Å². The van der Waals surface area contributed by atoms with Gasteiger partial charge in [0.15, 0.2) is 0 Å². The number of alkyl halides is 1. The van der Waals surface area contributed by atoms with Gasteiger partial charge in [-0.2, -0.15) is 0 Å². The maximum Gasteiger partial charge on any atom is 0.253 e. The highest BCUT2D eigenvalue weighted by Crippen LogP contribution is 2.32. The summed E-state index contributed by atoms with van der Waals surface area (Å²) in [4.78, 5) is 12.3. The highest BCUT2D eigenvalue weighted by molar-refractivity contribution is 9.12. The zero-order valence-electron chi connectivity index (χ0n) is 9.47. The lowest BCUT2D eigenvalue weighted by Gasteiger charge is -2.36. The van der Waals surface area contributed by atoms with Crippen LogP contribution in [-0.2, 0) is 4.74 Å². The summed E-state index contributed by atoms with van der Waals surface area (Å²) in [6.07, 6.45) is 1.51. The van der Waals surface area contributed by atoms with Gasteiger partial charge in [0.1, 0.15) is 0 Å². The van der Waals surface area contributed by atoms with E-state index in [0.29, 0.717) is 24.7 Å². The van der Waals surface area contributed by atoms with Gasteiger partial charge < -0.3 is 10.1 Å². The van der Waals surface area contributed by atoms with Crippen LogP contribution in [0.25, 0.3) is 0 Å². The molecular formula is C11H12Br2ClNO2S. The van der Waals surface area contributed by atoms with Crippen LogP contribution in [0.1, 0.15) is 23.2 Å². The summed E-state index contributed by atoms with van der Waals surface area (Å²) >= 11 is 14.3. The second-order valence-corrected chi connectivity index (χ2v) is 8.23. The van der Waals surface area contributed by atoms with E-state index in [2.05, 4.69) is 37.2 Å². The molecule has 7 heteroatoms. The Hall–Kier alpha value is 0.380. The minimum absolute atomic E-state index is 0.0913. The van der Waals surface area contributed by atoms with E-state index in [1.807, 2.05) is 6.07 Å². The number of carbonyl (C=O) groups is 1. The Balaban J connectivity index is 2.12. The molecule has 100 valence electrons. The van der Waals surface area contributed by atoms with Crippen molar-refractivity contribution in [3.8, 4) is 0 Å². The Morgan fingerprint density at radius 3 is 2.67 bits per heavy atom. The zero-order chi connectivity index (χ0) is 13.2. The second-order valence-electron chi connectivity index (χ2n) is 4.22. The van der Waals surface area contributed by atoms with Crippen molar-refractivity contribution in [3.63, 3.8) is 0 Å². The van der Waals surface area contributed by atoms with E-state index in [1.54, 1.807) is 0 Å². The molecule has 0 spiro atoms. The number of amides is 1. The van der Waals surface area contributed by atoms with Crippen LogP contribution in [0.3, 0.4) is 0 Å². The van der Waals surface area contributed by atoms with E-state index in [0.717, 1.165) is 20.4 Å². The highest BCUT2D eigenvalue weighted by Gasteiger charge is 2.34. The predicted molar refractivity (Wildman–Crippen MR) is 80.7 cm³/mol. The lowest BCUT2D eigenvalue weighted by atomic mass is 9.92. The summed E-state index contributed by atoms with van der Waals surface area (Å²) in [5.74, 6) is 0.316. The van der Waals surface area contributed by atoms with Crippen molar-refractivity contribution in [3.05, 3.63) is 19.2 Å².